The molecule has 0 bridgehead atoms. The Morgan fingerprint density at radius 3 is 2.38 bits per heavy atom. The molecule has 0 saturated heterocycles. The van der Waals surface area contributed by atoms with Crippen molar-refractivity contribution in [2.45, 2.75) is 13.0 Å². The minimum absolute atomic E-state index is 0.103. The molecule has 0 amide bonds. The largest absolute Gasteiger partial charge is 0.388 e. The highest BCUT2D eigenvalue weighted by atomic mass is 15.1. The van der Waals surface area contributed by atoms with Crippen molar-refractivity contribution in [2.24, 2.45) is 0 Å². The summed E-state index contributed by atoms with van der Waals surface area (Å²) in [4.78, 5) is 2.05. The first-order chi connectivity index (χ1) is 6.11. The number of hydrogen-bond donors (Lipinski definition) is 1. The van der Waals surface area contributed by atoms with E-state index in [1.54, 1.807) is 12.1 Å². The van der Waals surface area contributed by atoms with Crippen molar-refractivity contribution < 1.29 is 0 Å². The van der Waals surface area contributed by atoms with E-state index in [1.807, 2.05) is 14.1 Å². The Morgan fingerprint density at radius 1 is 1.46 bits per heavy atom. The third-order valence-electron chi connectivity index (χ3n) is 1.78. The molecule has 0 aliphatic carbocycles. The first kappa shape index (κ1) is 11.5. The fraction of sp³-hybridized carbons (Fsp3) is 0.556. The quantitative estimate of drug-likeness (QED) is 0.635. The van der Waals surface area contributed by atoms with Crippen LogP contribution in [0.4, 0.5) is 0 Å². The number of likely N-dealkylation sites (N-methyl/N-ethyl adjacent to an activating group) is 1. The lowest BCUT2D eigenvalue weighted by Gasteiger charge is -2.19. The summed E-state index contributed by atoms with van der Waals surface area (Å²) in [5, 5.41) is 19.7. The van der Waals surface area contributed by atoms with E-state index < -0.39 is 0 Å². The Hall–Kier alpha value is -1.52. The van der Waals surface area contributed by atoms with Gasteiger partial charge in [-0.2, -0.15) is 10.5 Å². The molecule has 0 aliphatic rings. The average molecular weight is 178 g/mol. The molecule has 1 atom stereocenters. The van der Waals surface area contributed by atoms with Crippen LogP contribution >= 0.6 is 0 Å². The van der Waals surface area contributed by atoms with Crippen LogP contribution in [0, 0.1) is 22.7 Å². The van der Waals surface area contributed by atoms with E-state index in [2.05, 4.69) is 17.1 Å². The lowest BCUT2D eigenvalue weighted by atomic mass is 10.3. The molecule has 4 nitrogen and oxygen atoms in total. The molecule has 0 heterocycles. The minimum Gasteiger partial charge on any atom is -0.388 e. The summed E-state index contributed by atoms with van der Waals surface area (Å²) in [6.45, 7) is 2.78. The van der Waals surface area contributed by atoms with Crippen LogP contribution in [0.1, 0.15) is 6.92 Å². The maximum Gasteiger partial charge on any atom is 0.145 e. The second kappa shape index (κ2) is 6.05. The van der Waals surface area contributed by atoms with Crippen molar-refractivity contribution in [3.8, 4) is 12.1 Å². The highest BCUT2D eigenvalue weighted by Gasteiger charge is 2.01. The molecule has 0 rings (SSSR count). The molecule has 0 spiro atoms. The summed E-state index contributed by atoms with van der Waals surface area (Å²) < 4.78 is 0. The molecule has 1 unspecified atom stereocenters. The van der Waals surface area contributed by atoms with Gasteiger partial charge in [0.05, 0.1) is 0 Å². The molecular weight excluding hydrogens is 164 g/mol. The summed E-state index contributed by atoms with van der Waals surface area (Å²) in [5.74, 6) is 0. The van der Waals surface area contributed by atoms with Gasteiger partial charge in [-0.05, 0) is 21.0 Å². The predicted molar refractivity (Wildman–Crippen MR) is 50.5 cm³/mol. The van der Waals surface area contributed by atoms with Gasteiger partial charge >= 0.3 is 0 Å². The van der Waals surface area contributed by atoms with Crippen LogP contribution in [-0.2, 0) is 0 Å². The van der Waals surface area contributed by atoms with Crippen molar-refractivity contribution in [3.05, 3.63) is 11.8 Å². The molecule has 0 radical (unpaired) electrons. The van der Waals surface area contributed by atoms with Crippen molar-refractivity contribution in [2.75, 3.05) is 20.6 Å². The zero-order chi connectivity index (χ0) is 10.3. The molecule has 70 valence electrons. The highest BCUT2D eigenvalue weighted by Crippen LogP contribution is 1.90. The van der Waals surface area contributed by atoms with E-state index in [0.717, 1.165) is 6.54 Å². The Kier molecular flexibility index (Phi) is 5.34. The molecule has 4 heteroatoms. The Balaban J connectivity index is 3.87. The zero-order valence-corrected chi connectivity index (χ0v) is 8.20. The monoisotopic (exact) mass is 178 g/mol. The van der Waals surface area contributed by atoms with Crippen LogP contribution in [-0.4, -0.2) is 31.6 Å². The standard InChI is InChI=1S/C9H14N4/c1-8(13(2)3)6-12-7-9(4-10)5-11/h7-8,12H,6H2,1-3H3. The lowest BCUT2D eigenvalue weighted by Crippen LogP contribution is -2.33. The molecule has 0 aliphatic heterocycles. The predicted octanol–water partition coefficient (Wildman–Crippen LogP) is 0.457. The van der Waals surface area contributed by atoms with Crippen molar-refractivity contribution in [1.82, 2.24) is 10.2 Å². The molecule has 1 N–H and O–H groups in total. The normalized spacial score (nSPS) is 11.2. The van der Waals surface area contributed by atoms with Gasteiger partial charge in [-0.3, -0.25) is 0 Å². The van der Waals surface area contributed by atoms with Crippen molar-refractivity contribution >= 4 is 0 Å². The molecule has 0 aromatic heterocycles. The van der Waals surface area contributed by atoms with Gasteiger partial charge in [0.2, 0.25) is 0 Å². The van der Waals surface area contributed by atoms with Crippen LogP contribution in [0.3, 0.4) is 0 Å². The maximum atomic E-state index is 8.41. The molecule has 13 heavy (non-hydrogen) atoms. The van der Waals surface area contributed by atoms with Gasteiger partial charge in [0.25, 0.3) is 0 Å². The second-order valence-electron chi connectivity index (χ2n) is 3.00. The number of allylic oxidation sites excluding steroid dienone is 1. The summed E-state index contributed by atoms with van der Waals surface area (Å²) >= 11 is 0. The molecule has 0 saturated carbocycles. The Labute approximate surface area is 79.1 Å². The van der Waals surface area contributed by atoms with E-state index in [9.17, 15) is 0 Å². The second-order valence-corrected chi connectivity index (χ2v) is 3.00. The third-order valence-corrected chi connectivity index (χ3v) is 1.78. The smallest absolute Gasteiger partial charge is 0.145 e. The number of rotatable bonds is 4. The number of nitrogens with one attached hydrogen (secondary N) is 1. The summed E-state index contributed by atoms with van der Waals surface area (Å²) in [6.07, 6.45) is 1.44. The number of nitriles is 2. The van der Waals surface area contributed by atoms with E-state index in [1.165, 1.54) is 6.20 Å². The Morgan fingerprint density at radius 2 is 2.00 bits per heavy atom. The average Bonchev–Trinajstić information content (AvgIpc) is 2.12. The molecule has 0 fully saturated rings. The summed E-state index contributed by atoms with van der Waals surface area (Å²) in [7, 11) is 3.96. The van der Waals surface area contributed by atoms with Gasteiger partial charge in [0.15, 0.2) is 0 Å². The minimum atomic E-state index is 0.103. The molecule has 0 aromatic carbocycles. The van der Waals surface area contributed by atoms with E-state index in [4.69, 9.17) is 10.5 Å². The van der Waals surface area contributed by atoms with E-state index in [-0.39, 0.29) is 5.57 Å². The van der Waals surface area contributed by atoms with Gasteiger partial charge in [-0.15, -0.1) is 0 Å². The fourth-order valence-corrected chi connectivity index (χ4v) is 0.604. The van der Waals surface area contributed by atoms with Crippen molar-refractivity contribution in [3.63, 3.8) is 0 Å². The van der Waals surface area contributed by atoms with Crippen LogP contribution < -0.4 is 5.32 Å². The third kappa shape index (κ3) is 4.84. The Bertz CT molecular complexity index is 238. The molecular formula is C9H14N4. The molecule has 0 aromatic rings. The van der Waals surface area contributed by atoms with Gasteiger partial charge in [-0.25, -0.2) is 0 Å². The van der Waals surface area contributed by atoms with Gasteiger partial charge in [-0.1, -0.05) is 0 Å². The van der Waals surface area contributed by atoms with Crippen molar-refractivity contribution in [1.29, 1.82) is 10.5 Å². The highest BCUT2D eigenvalue weighted by molar-refractivity contribution is 5.34. The number of nitrogens with zero attached hydrogens (tertiary/aromatic N) is 3. The fourth-order valence-electron chi connectivity index (χ4n) is 0.604. The van der Waals surface area contributed by atoms with Gasteiger partial charge < -0.3 is 10.2 Å². The zero-order valence-electron chi connectivity index (χ0n) is 8.20. The SMILES string of the molecule is CC(CNC=C(C#N)C#N)N(C)C. The van der Waals surface area contributed by atoms with Gasteiger partial charge in [0.1, 0.15) is 17.7 Å². The number of hydrogen-bond acceptors (Lipinski definition) is 4. The van der Waals surface area contributed by atoms with Gasteiger partial charge in [0, 0.05) is 18.8 Å². The van der Waals surface area contributed by atoms with Crippen LogP contribution in [0.5, 0.6) is 0 Å². The summed E-state index contributed by atoms with van der Waals surface area (Å²) in [6, 6.07) is 3.93. The van der Waals surface area contributed by atoms with Crippen LogP contribution in [0.25, 0.3) is 0 Å². The topological polar surface area (TPSA) is 62.9 Å². The maximum absolute atomic E-state index is 8.41. The lowest BCUT2D eigenvalue weighted by molar-refractivity contribution is 0.311. The summed E-state index contributed by atoms with van der Waals surface area (Å²) in [5.41, 5.74) is 0.103. The first-order valence-electron chi connectivity index (χ1n) is 4.02. The van der Waals surface area contributed by atoms with Crippen LogP contribution in [0.2, 0.25) is 0 Å². The van der Waals surface area contributed by atoms with E-state index in [0.29, 0.717) is 6.04 Å². The first-order valence-corrected chi connectivity index (χ1v) is 4.02. The van der Waals surface area contributed by atoms with E-state index >= 15 is 0 Å². The van der Waals surface area contributed by atoms with Crippen LogP contribution in [0.15, 0.2) is 11.8 Å².